The molecule has 1 nitrogen and oxygen atoms in total. The highest BCUT2D eigenvalue weighted by Gasteiger charge is 1.98. The Morgan fingerprint density at radius 1 is 1.07 bits per heavy atom. The second kappa shape index (κ2) is 4.45. The molecule has 2 aromatic rings. The SMILES string of the molecule is Cc1ccc(-c2ccc(CCl)cc2)nc1. The largest absolute Gasteiger partial charge is 0.256 e. The molecule has 0 aliphatic carbocycles. The molecule has 1 aromatic carbocycles. The second-order valence-corrected chi connectivity index (χ2v) is 3.82. The van der Waals surface area contributed by atoms with Gasteiger partial charge in [0, 0.05) is 17.6 Å². The lowest BCUT2D eigenvalue weighted by Gasteiger charge is -2.02. The zero-order valence-corrected chi connectivity index (χ0v) is 9.33. The summed E-state index contributed by atoms with van der Waals surface area (Å²) in [6.45, 7) is 2.04. The van der Waals surface area contributed by atoms with Gasteiger partial charge in [0.1, 0.15) is 0 Å². The summed E-state index contributed by atoms with van der Waals surface area (Å²) in [7, 11) is 0. The minimum atomic E-state index is 0.557. The third kappa shape index (κ3) is 2.37. The summed E-state index contributed by atoms with van der Waals surface area (Å²) >= 11 is 5.73. The molecular formula is C13H12ClN. The van der Waals surface area contributed by atoms with E-state index in [1.54, 1.807) is 0 Å². The van der Waals surface area contributed by atoms with Gasteiger partial charge in [-0.25, -0.2) is 0 Å². The van der Waals surface area contributed by atoms with Crippen molar-refractivity contribution in [3.05, 3.63) is 53.7 Å². The van der Waals surface area contributed by atoms with E-state index in [0.717, 1.165) is 16.8 Å². The van der Waals surface area contributed by atoms with Crippen LogP contribution in [0.15, 0.2) is 42.6 Å². The molecule has 1 aromatic heterocycles. The van der Waals surface area contributed by atoms with Crippen LogP contribution in [0.4, 0.5) is 0 Å². The molecule has 0 bridgehead atoms. The molecule has 0 unspecified atom stereocenters. The molecule has 0 aliphatic heterocycles. The fourth-order valence-corrected chi connectivity index (χ4v) is 1.58. The molecule has 2 heteroatoms. The number of nitrogens with zero attached hydrogens (tertiary/aromatic N) is 1. The Morgan fingerprint density at radius 3 is 2.33 bits per heavy atom. The molecular weight excluding hydrogens is 206 g/mol. The summed E-state index contributed by atoms with van der Waals surface area (Å²) in [6.07, 6.45) is 1.88. The highest BCUT2D eigenvalue weighted by molar-refractivity contribution is 6.17. The van der Waals surface area contributed by atoms with Crippen LogP contribution >= 0.6 is 11.6 Å². The van der Waals surface area contributed by atoms with Crippen molar-refractivity contribution in [2.75, 3.05) is 0 Å². The van der Waals surface area contributed by atoms with Crippen molar-refractivity contribution in [2.45, 2.75) is 12.8 Å². The molecule has 76 valence electrons. The zero-order chi connectivity index (χ0) is 10.7. The van der Waals surface area contributed by atoms with Crippen LogP contribution < -0.4 is 0 Å². The number of aromatic nitrogens is 1. The van der Waals surface area contributed by atoms with Gasteiger partial charge in [0.15, 0.2) is 0 Å². The maximum atomic E-state index is 5.73. The van der Waals surface area contributed by atoms with Crippen molar-refractivity contribution in [3.63, 3.8) is 0 Å². The van der Waals surface area contributed by atoms with E-state index in [4.69, 9.17) is 11.6 Å². The Bertz CT molecular complexity index is 431. The number of hydrogen-bond acceptors (Lipinski definition) is 1. The summed E-state index contributed by atoms with van der Waals surface area (Å²) in [5, 5.41) is 0. The van der Waals surface area contributed by atoms with Crippen molar-refractivity contribution >= 4 is 11.6 Å². The van der Waals surface area contributed by atoms with Gasteiger partial charge in [-0.1, -0.05) is 30.3 Å². The van der Waals surface area contributed by atoms with Gasteiger partial charge < -0.3 is 0 Å². The fraction of sp³-hybridized carbons (Fsp3) is 0.154. The van der Waals surface area contributed by atoms with E-state index >= 15 is 0 Å². The summed E-state index contributed by atoms with van der Waals surface area (Å²) in [4.78, 5) is 4.37. The number of rotatable bonds is 2. The Labute approximate surface area is 94.7 Å². The molecule has 0 fully saturated rings. The predicted molar refractivity (Wildman–Crippen MR) is 64.0 cm³/mol. The monoisotopic (exact) mass is 217 g/mol. The topological polar surface area (TPSA) is 12.9 Å². The Morgan fingerprint density at radius 2 is 1.80 bits per heavy atom. The van der Waals surface area contributed by atoms with Crippen molar-refractivity contribution in [3.8, 4) is 11.3 Å². The van der Waals surface area contributed by atoms with Crippen molar-refractivity contribution in [2.24, 2.45) is 0 Å². The lowest BCUT2D eigenvalue weighted by atomic mass is 10.1. The minimum absolute atomic E-state index is 0.557. The van der Waals surface area contributed by atoms with Crippen LogP contribution in [-0.4, -0.2) is 4.98 Å². The second-order valence-electron chi connectivity index (χ2n) is 3.55. The number of alkyl halides is 1. The number of hydrogen-bond donors (Lipinski definition) is 0. The zero-order valence-electron chi connectivity index (χ0n) is 8.57. The summed E-state index contributed by atoms with van der Waals surface area (Å²) in [5.74, 6) is 0.557. The summed E-state index contributed by atoms with van der Waals surface area (Å²) in [5.41, 5.74) is 4.44. The van der Waals surface area contributed by atoms with Crippen LogP contribution in [0.25, 0.3) is 11.3 Å². The van der Waals surface area contributed by atoms with Gasteiger partial charge in [0.2, 0.25) is 0 Å². The third-order valence-corrected chi connectivity index (χ3v) is 2.62. The van der Waals surface area contributed by atoms with Crippen LogP contribution in [0.5, 0.6) is 0 Å². The maximum Gasteiger partial charge on any atom is 0.0702 e. The number of pyridine rings is 1. The quantitative estimate of drug-likeness (QED) is 0.698. The number of benzene rings is 1. The van der Waals surface area contributed by atoms with Gasteiger partial charge in [-0.3, -0.25) is 4.98 Å². The highest BCUT2D eigenvalue weighted by Crippen LogP contribution is 2.18. The summed E-state index contributed by atoms with van der Waals surface area (Å²) < 4.78 is 0. The van der Waals surface area contributed by atoms with Gasteiger partial charge in [-0.05, 0) is 24.1 Å². The molecule has 1 heterocycles. The van der Waals surface area contributed by atoms with Gasteiger partial charge >= 0.3 is 0 Å². The molecule has 0 atom stereocenters. The first-order valence-corrected chi connectivity index (χ1v) is 5.41. The first kappa shape index (κ1) is 10.2. The molecule has 2 rings (SSSR count). The van der Waals surface area contributed by atoms with Crippen LogP contribution in [0.1, 0.15) is 11.1 Å². The summed E-state index contributed by atoms with van der Waals surface area (Å²) in [6, 6.07) is 12.3. The standard InChI is InChI=1S/C13H12ClN/c1-10-2-7-13(15-9-10)12-5-3-11(8-14)4-6-12/h2-7,9H,8H2,1H3. The molecule has 0 radical (unpaired) electrons. The van der Waals surface area contributed by atoms with E-state index in [9.17, 15) is 0 Å². The van der Waals surface area contributed by atoms with E-state index in [2.05, 4.69) is 23.2 Å². The maximum absolute atomic E-state index is 5.73. The van der Waals surface area contributed by atoms with Gasteiger partial charge in [-0.2, -0.15) is 0 Å². The molecule has 0 amide bonds. The molecule has 0 aliphatic rings. The third-order valence-electron chi connectivity index (χ3n) is 2.32. The van der Waals surface area contributed by atoms with E-state index in [1.165, 1.54) is 5.56 Å². The Hall–Kier alpha value is -1.34. The van der Waals surface area contributed by atoms with Gasteiger partial charge in [0.05, 0.1) is 5.69 Å². The first-order valence-electron chi connectivity index (χ1n) is 4.87. The molecule has 15 heavy (non-hydrogen) atoms. The predicted octanol–water partition coefficient (Wildman–Crippen LogP) is 3.80. The fourth-order valence-electron chi connectivity index (χ4n) is 1.40. The van der Waals surface area contributed by atoms with Crippen molar-refractivity contribution in [1.29, 1.82) is 0 Å². The van der Waals surface area contributed by atoms with Crippen LogP contribution in [0.2, 0.25) is 0 Å². The average Bonchev–Trinajstić information content (AvgIpc) is 2.30. The first-order chi connectivity index (χ1) is 7.29. The average molecular weight is 218 g/mol. The van der Waals surface area contributed by atoms with Crippen LogP contribution in [-0.2, 0) is 5.88 Å². The molecule has 0 saturated carbocycles. The highest BCUT2D eigenvalue weighted by atomic mass is 35.5. The number of aryl methyl sites for hydroxylation is 1. The number of halogens is 1. The van der Waals surface area contributed by atoms with Gasteiger partial charge in [-0.15, -0.1) is 11.6 Å². The Kier molecular flexibility index (Phi) is 3.02. The normalized spacial score (nSPS) is 10.3. The van der Waals surface area contributed by atoms with Crippen LogP contribution in [0, 0.1) is 6.92 Å². The van der Waals surface area contributed by atoms with Crippen molar-refractivity contribution in [1.82, 2.24) is 4.98 Å². The molecule has 0 N–H and O–H groups in total. The van der Waals surface area contributed by atoms with Gasteiger partial charge in [0.25, 0.3) is 0 Å². The van der Waals surface area contributed by atoms with E-state index in [0.29, 0.717) is 5.88 Å². The minimum Gasteiger partial charge on any atom is -0.256 e. The van der Waals surface area contributed by atoms with Crippen molar-refractivity contribution < 1.29 is 0 Å². The lowest BCUT2D eigenvalue weighted by Crippen LogP contribution is -1.84. The van der Waals surface area contributed by atoms with Crippen LogP contribution in [0.3, 0.4) is 0 Å². The van der Waals surface area contributed by atoms with E-state index in [-0.39, 0.29) is 0 Å². The molecule has 0 saturated heterocycles. The molecule has 0 spiro atoms. The Balaban J connectivity index is 2.33. The van der Waals surface area contributed by atoms with E-state index < -0.39 is 0 Å². The smallest absolute Gasteiger partial charge is 0.0702 e. The lowest BCUT2D eigenvalue weighted by molar-refractivity contribution is 1.27. The van der Waals surface area contributed by atoms with E-state index in [1.807, 2.05) is 31.3 Å².